The van der Waals surface area contributed by atoms with Gasteiger partial charge in [-0.15, -0.1) is 0 Å². The smallest absolute Gasteiger partial charge is 0.306 e. The number of carbonyl (C=O) groups is 2. The summed E-state index contributed by atoms with van der Waals surface area (Å²) in [6.07, 6.45) is 4.30. The van der Waals surface area contributed by atoms with Crippen LogP contribution in [-0.4, -0.2) is 66.2 Å². The van der Waals surface area contributed by atoms with Crippen LogP contribution >= 0.6 is 31.9 Å². The highest BCUT2D eigenvalue weighted by atomic mass is 79.9. The van der Waals surface area contributed by atoms with Gasteiger partial charge < -0.3 is 47.5 Å². The number of hydrogen-bond acceptors (Lipinski definition) is 12. The van der Waals surface area contributed by atoms with Crippen LogP contribution in [0.15, 0.2) is 155 Å². The minimum absolute atomic E-state index is 0.0164. The summed E-state index contributed by atoms with van der Waals surface area (Å²) in [5, 5.41) is 19.3. The van der Waals surface area contributed by atoms with E-state index in [2.05, 4.69) is 193 Å². The molecule has 8 aromatic rings. The van der Waals surface area contributed by atoms with Crippen LogP contribution in [0.25, 0.3) is 22.3 Å². The monoisotopic (exact) mass is 1460 g/mol. The summed E-state index contributed by atoms with van der Waals surface area (Å²) in [7, 11) is -0.820. The van der Waals surface area contributed by atoms with E-state index < -0.39 is 16.6 Å². The molecule has 508 valence electrons. The zero-order chi connectivity index (χ0) is 69.6. The molecule has 96 heavy (non-hydrogen) atoms. The molecule has 16 heteroatoms. The van der Waals surface area contributed by atoms with Gasteiger partial charge in [0.2, 0.25) is 16.6 Å². The molecule has 0 saturated carbocycles. The minimum atomic E-state index is -1.94. The topological polar surface area (TPSA) is 148 Å². The third-order valence-electron chi connectivity index (χ3n) is 19.7. The van der Waals surface area contributed by atoms with E-state index in [0.717, 1.165) is 103 Å². The molecule has 0 radical (unpaired) electrons. The van der Waals surface area contributed by atoms with Crippen LogP contribution in [0.4, 0.5) is 0 Å². The molecular weight excluding hydrogens is 1370 g/mol. The molecule has 0 unspecified atom stereocenters. The number of phenolic OH excluding ortho intramolecular Hbond substituents is 2. The number of benzene rings is 8. The molecular formula is C80H94Br2O12Si2. The van der Waals surface area contributed by atoms with Gasteiger partial charge in [0.15, 0.2) is 0 Å². The molecule has 0 aromatic heterocycles. The number of fused-ring (bicyclic) bond motifs is 4. The van der Waals surface area contributed by atoms with E-state index in [4.69, 9.17) is 42.4 Å². The number of phenols is 2. The van der Waals surface area contributed by atoms with Crippen LogP contribution in [-0.2, 0) is 31.9 Å². The number of esters is 2. The van der Waals surface area contributed by atoms with Crippen molar-refractivity contribution in [2.45, 2.75) is 168 Å². The summed E-state index contributed by atoms with van der Waals surface area (Å²) in [4.78, 5) is 23.4. The van der Waals surface area contributed by atoms with Crippen molar-refractivity contribution in [2.75, 3.05) is 27.4 Å². The Labute approximate surface area is 587 Å². The van der Waals surface area contributed by atoms with Crippen molar-refractivity contribution >= 4 is 60.4 Å². The van der Waals surface area contributed by atoms with Gasteiger partial charge in [0, 0.05) is 44.0 Å². The second kappa shape index (κ2) is 30.5. The molecule has 4 aliphatic rings. The highest BCUT2D eigenvalue weighted by Gasteiger charge is 2.41. The molecule has 12 nitrogen and oxygen atoms in total. The van der Waals surface area contributed by atoms with Crippen LogP contribution in [0.5, 0.6) is 46.0 Å². The van der Waals surface area contributed by atoms with Crippen molar-refractivity contribution in [1.82, 2.24) is 0 Å². The average molecular weight is 1460 g/mol. The number of hydrogen-bond donors (Lipinski definition) is 2. The lowest BCUT2D eigenvalue weighted by Gasteiger charge is -2.36. The highest BCUT2D eigenvalue weighted by Crippen LogP contribution is 2.48. The Balaban J connectivity index is 0.000000169. The SMILES string of the molecule is COC(=O)C[C@@H]1COc2cc(O[C@@H]3CCc4c(-c5cc(O)ccc5C)cccc43)ccc21.COC(=O)C[C@@H]1COc2cc(O[C@@H]3CCc4c(-c5cc(O[Si](C)(C)C(C)(C)C)ccc5C)cccc43)ccc21.Cc1ccc(O)cc1Br.Cc1ccc(O[Si](C)(C)C(C)(C)C)cc1Br. The lowest BCUT2D eigenvalue weighted by molar-refractivity contribution is -0.142. The summed E-state index contributed by atoms with van der Waals surface area (Å²) >= 11 is 6.83. The summed E-state index contributed by atoms with van der Waals surface area (Å²) in [5.74, 6) is 5.22. The number of carbonyl (C=O) groups excluding carboxylic acids is 2. The molecule has 0 saturated heterocycles. The Bertz CT molecular complexity index is 4110. The van der Waals surface area contributed by atoms with Crippen LogP contribution < -0.4 is 27.8 Å². The van der Waals surface area contributed by atoms with E-state index in [0.29, 0.717) is 31.8 Å². The Morgan fingerprint density at radius 2 is 0.854 bits per heavy atom. The average Bonchev–Trinajstić information content (AvgIpc) is 1.61. The molecule has 4 atom stereocenters. The first-order chi connectivity index (χ1) is 45.3. The maximum Gasteiger partial charge on any atom is 0.306 e. The van der Waals surface area contributed by atoms with Gasteiger partial charge in [-0.3, -0.25) is 9.59 Å². The zero-order valence-electron chi connectivity index (χ0n) is 58.6. The van der Waals surface area contributed by atoms with Gasteiger partial charge in [-0.25, -0.2) is 0 Å². The fourth-order valence-electron chi connectivity index (χ4n) is 11.8. The fraction of sp³-hybridized carbons (Fsp3) is 0.375. The first-order valence-corrected chi connectivity index (χ1v) is 40.5. The molecule has 8 aromatic carbocycles. The number of aromatic hydroxyl groups is 2. The van der Waals surface area contributed by atoms with Crippen molar-refractivity contribution < 1.29 is 57.1 Å². The van der Waals surface area contributed by atoms with E-state index in [1.165, 1.54) is 58.7 Å². The number of ether oxygens (including phenoxy) is 6. The normalized spacial score (nSPS) is 16.6. The van der Waals surface area contributed by atoms with Crippen LogP contribution in [0.3, 0.4) is 0 Å². The molecule has 2 aliphatic carbocycles. The molecule has 2 aliphatic heterocycles. The van der Waals surface area contributed by atoms with E-state index in [1.807, 2.05) is 61.5 Å². The largest absolute Gasteiger partial charge is 0.543 e. The predicted molar refractivity (Wildman–Crippen MR) is 396 cm³/mol. The van der Waals surface area contributed by atoms with E-state index in [9.17, 15) is 14.7 Å². The van der Waals surface area contributed by atoms with Gasteiger partial charge in [-0.2, -0.15) is 0 Å². The Hall–Kier alpha value is -7.51. The molecule has 2 heterocycles. The Morgan fingerprint density at radius 1 is 0.469 bits per heavy atom. The van der Waals surface area contributed by atoms with Crippen molar-refractivity contribution in [3.05, 3.63) is 210 Å². The Morgan fingerprint density at radius 3 is 1.27 bits per heavy atom. The molecule has 0 fully saturated rings. The standard InChI is InChI=1S/C33H40O5Si.C27H26O5.C13H21BrOSi.C7H7BrO/c1-21-11-12-24(38-39(6,7)33(2,3)4)18-29(21)26-9-8-10-28-27(26)15-16-30(28)37-23-13-14-25-22(17-32(34)35-5)20-36-31(25)19-23;1-16-6-7-18(28)13-24(16)21-4-3-5-23-22(21)10-11-25(23)32-19-8-9-20-17(12-27(29)30-2)15-31-26(20)14-19;1-10-7-8-11(9-12(10)14)15-16(5,6)13(2,3)4;1-5-2-3-6(9)4-7(5)8/h8-14,18-19,22,30H,15-17,20H2,1-7H3;3-9,13-14,17,25,28H,10-12,15H2,1-2H3;7-9H,1-6H3;2-4,9H,1H3/t22-,30-;17-,25-;;/m11../s1. The Kier molecular flexibility index (Phi) is 23.1. The first-order valence-electron chi connectivity index (χ1n) is 33.1. The van der Waals surface area contributed by atoms with Crippen molar-refractivity contribution in [3.63, 3.8) is 0 Å². The number of aryl methyl sites for hydroxylation is 4. The van der Waals surface area contributed by atoms with Crippen molar-refractivity contribution in [1.29, 1.82) is 0 Å². The van der Waals surface area contributed by atoms with Gasteiger partial charge >= 0.3 is 11.9 Å². The van der Waals surface area contributed by atoms with Crippen LogP contribution in [0, 0.1) is 27.7 Å². The second-order valence-electron chi connectivity index (χ2n) is 28.6. The van der Waals surface area contributed by atoms with Crippen molar-refractivity contribution in [2.24, 2.45) is 0 Å². The first kappa shape index (κ1) is 72.8. The minimum Gasteiger partial charge on any atom is -0.543 e. The quantitative estimate of drug-likeness (QED) is 0.0788. The third kappa shape index (κ3) is 17.4. The fourth-order valence-corrected chi connectivity index (χ4v) is 14.6. The molecule has 0 spiro atoms. The zero-order valence-corrected chi connectivity index (χ0v) is 63.7. The lowest BCUT2D eigenvalue weighted by atomic mass is 9.93. The summed E-state index contributed by atoms with van der Waals surface area (Å²) in [5.41, 5.74) is 16.6. The summed E-state index contributed by atoms with van der Waals surface area (Å²) in [6, 6.07) is 48.1. The van der Waals surface area contributed by atoms with E-state index in [1.54, 1.807) is 18.2 Å². The van der Waals surface area contributed by atoms with Gasteiger partial charge in [-0.05, 0) is 217 Å². The van der Waals surface area contributed by atoms with Crippen molar-refractivity contribution in [3.8, 4) is 68.2 Å². The summed E-state index contributed by atoms with van der Waals surface area (Å²) in [6.45, 7) is 31.9. The predicted octanol–water partition coefficient (Wildman–Crippen LogP) is 21.2. The highest BCUT2D eigenvalue weighted by molar-refractivity contribution is 9.10. The molecule has 0 amide bonds. The van der Waals surface area contributed by atoms with Gasteiger partial charge in [0.05, 0.1) is 40.3 Å². The third-order valence-corrected chi connectivity index (χ3v) is 30.1. The number of rotatable bonds is 14. The summed E-state index contributed by atoms with van der Waals surface area (Å²) < 4.78 is 49.2. The van der Waals surface area contributed by atoms with Gasteiger partial charge in [0.1, 0.15) is 58.2 Å². The molecule has 0 bridgehead atoms. The second-order valence-corrected chi connectivity index (χ2v) is 39.7. The van der Waals surface area contributed by atoms with Gasteiger partial charge in [0.25, 0.3) is 0 Å². The number of methoxy groups -OCH3 is 2. The molecule has 2 N–H and O–H groups in total. The van der Waals surface area contributed by atoms with E-state index >= 15 is 0 Å². The molecule has 12 rings (SSSR count). The maximum absolute atomic E-state index is 11.8. The van der Waals surface area contributed by atoms with Gasteiger partial charge in [-0.1, -0.05) is 146 Å². The maximum atomic E-state index is 11.8. The number of halogens is 2. The lowest BCUT2D eigenvalue weighted by Crippen LogP contribution is -2.43. The van der Waals surface area contributed by atoms with Crippen LogP contribution in [0.1, 0.15) is 147 Å². The van der Waals surface area contributed by atoms with Crippen LogP contribution in [0.2, 0.25) is 36.3 Å². The van der Waals surface area contributed by atoms with E-state index in [-0.39, 0.29) is 51.8 Å².